The van der Waals surface area contributed by atoms with Crippen molar-refractivity contribution < 1.29 is 13.2 Å². The molecule has 0 radical (unpaired) electrons. The summed E-state index contributed by atoms with van der Waals surface area (Å²) in [6.45, 7) is 4.17. The van der Waals surface area contributed by atoms with E-state index in [9.17, 15) is 13.2 Å². The van der Waals surface area contributed by atoms with Crippen molar-refractivity contribution in [3.63, 3.8) is 0 Å². The molecule has 0 aliphatic carbocycles. The highest BCUT2D eigenvalue weighted by atomic mass is 19.4. The molecular formula is C12H24F3N. The summed E-state index contributed by atoms with van der Waals surface area (Å²) >= 11 is 0. The molecule has 2 unspecified atom stereocenters. The zero-order valence-corrected chi connectivity index (χ0v) is 10.5. The molecule has 1 nitrogen and oxygen atoms in total. The number of alkyl halides is 3. The molecule has 0 spiro atoms. The number of hydrogen-bond donors (Lipinski definition) is 1. The van der Waals surface area contributed by atoms with Crippen molar-refractivity contribution in [1.82, 2.24) is 5.32 Å². The molecule has 0 aliphatic heterocycles. The molecule has 0 aromatic heterocycles. The Balaban J connectivity index is 4.06. The van der Waals surface area contributed by atoms with Crippen LogP contribution in [0.25, 0.3) is 0 Å². The fourth-order valence-corrected chi connectivity index (χ4v) is 1.97. The lowest BCUT2D eigenvalue weighted by molar-refractivity contribution is -0.140. The van der Waals surface area contributed by atoms with E-state index in [0.717, 1.165) is 25.7 Å². The van der Waals surface area contributed by atoms with Gasteiger partial charge in [0.05, 0.1) is 6.42 Å². The van der Waals surface area contributed by atoms with Gasteiger partial charge in [-0.1, -0.05) is 39.5 Å². The summed E-state index contributed by atoms with van der Waals surface area (Å²) in [7, 11) is 1.61. The minimum absolute atomic E-state index is 0.416. The van der Waals surface area contributed by atoms with Gasteiger partial charge in [0.25, 0.3) is 0 Å². The lowest BCUT2D eigenvalue weighted by Crippen LogP contribution is -2.33. The fraction of sp³-hybridized carbons (Fsp3) is 1.00. The van der Waals surface area contributed by atoms with Gasteiger partial charge in [-0.3, -0.25) is 0 Å². The normalized spacial score (nSPS) is 16.1. The van der Waals surface area contributed by atoms with Crippen molar-refractivity contribution in [2.45, 2.75) is 64.6 Å². The second kappa shape index (κ2) is 7.93. The standard InChI is InChI=1S/C12H24F3N/c1-4-6-7-10(5-2)8-11(16-3)9-12(13,14)15/h10-11,16H,4-9H2,1-3H3. The quantitative estimate of drug-likeness (QED) is 0.671. The van der Waals surface area contributed by atoms with Gasteiger partial charge in [-0.25, -0.2) is 0 Å². The van der Waals surface area contributed by atoms with E-state index in [0.29, 0.717) is 12.3 Å². The highest BCUT2D eigenvalue weighted by Crippen LogP contribution is 2.26. The Morgan fingerprint density at radius 3 is 2.19 bits per heavy atom. The Hall–Kier alpha value is -0.250. The Morgan fingerprint density at radius 2 is 1.81 bits per heavy atom. The summed E-state index contributed by atoms with van der Waals surface area (Å²) in [6.07, 6.45) is 0.0926. The van der Waals surface area contributed by atoms with E-state index in [4.69, 9.17) is 0 Å². The van der Waals surface area contributed by atoms with Gasteiger partial charge >= 0.3 is 6.18 Å². The minimum atomic E-state index is -4.06. The summed E-state index contributed by atoms with van der Waals surface area (Å²) in [4.78, 5) is 0. The monoisotopic (exact) mass is 239 g/mol. The lowest BCUT2D eigenvalue weighted by atomic mass is 9.91. The molecule has 16 heavy (non-hydrogen) atoms. The molecule has 0 bridgehead atoms. The summed E-state index contributed by atoms with van der Waals surface area (Å²) in [5, 5.41) is 2.78. The first-order valence-electron chi connectivity index (χ1n) is 6.16. The van der Waals surface area contributed by atoms with Crippen molar-refractivity contribution in [2.75, 3.05) is 7.05 Å². The van der Waals surface area contributed by atoms with Crippen LogP contribution in [-0.2, 0) is 0 Å². The smallest absolute Gasteiger partial charge is 0.317 e. The van der Waals surface area contributed by atoms with Crippen LogP contribution < -0.4 is 5.32 Å². The highest BCUT2D eigenvalue weighted by Gasteiger charge is 2.31. The van der Waals surface area contributed by atoms with Crippen LogP contribution in [0.5, 0.6) is 0 Å². The Kier molecular flexibility index (Phi) is 7.81. The first-order chi connectivity index (χ1) is 7.42. The molecule has 0 amide bonds. The van der Waals surface area contributed by atoms with Gasteiger partial charge in [-0.2, -0.15) is 13.2 Å². The largest absolute Gasteiger partial charge is 0.390 e. The highest BCUT2D eigenvalue weighted by molar-refractivity contribution is 4.73. The van der Waals surface area contributed by atoms with Gasteiger partial charge in [0.1, 0.15) is 0 Å². The minimum Gasteiger partial charge on any atom is -0.317 e. The summed E-state index contributed by atoms with van der Waals surface area (Å²) in [6, 6.07) is -0.429. The molecule has 0 aromatic rings. The van der Waals surface area contributed by atoms with Crippen LogP contribution in [0.1, 0.15) is 52.4 Å². The number of rotatable bonds is 8. The van der Waals surface area contributed by atoms with E-state index in [-0.39, 0.29) is 0 Å². The van der Waals surface area contributed by atoms with Crippen molar-refractivity contribution in [2.24, 2.45) is 5.92 Å². The maximum atomic E-state index is 12.3. The second-order valence-electron chi connectivity index (χ2n) is 4.46. The second-order valence-corrected chi connectivity index (χ2v) is 4.46. The molecule has 0 rings (SSSR count). The average Bonchev–Trinajstić information content (AvgIpc) is 2.20. The van der Waals surface area contributed by atoms with Crippen molar-refractivity contribution >= 4 is 0 Å². The van der Waals surface area contributed by atoms with Crippen LogP contribution in [0.4, 0.5) is 13.2 Å². The molecule has 98 valence electrons. The van der Waals surface area contributed by atoms with E-state index in [2.05, 4.69) is 19.2 Å². The van der Waals surface area contributed by atoms with Gasteiger partial charge in [-0.05, 0) is 19.4 Å². The van der Waals surface area contributed by atoms with E-state index in [1.165, 1.54) is 0 Å². The molecule has 4 heteroatoms. The third-order valence-corrected chi connectivity index (χ3v) is 3.05. The van der Waals surface area contributed by atoms with E-state index in [1.807, 2.05) is 0 Å². The van der Waals surface area contributed by atoms with Crippen LogP contribution in [0.15, 0.2) is 0 Å². The van der Waals surface area contributed by atoms with Crippen LogP contribution in [0, 0.1) is 5.92 Å². The third kappa shape index (κ3) is 7.97. The average molecular weight is 239 g/mol. The van der Waals surface area contributed by atoms with Gasteiger partial charge < -0.3 is 5.32 Å². The summed E-state index contributed by atoms with van der Waals surface area (Å²) < 4.78 is 36.8. The first kappa shape index (κ1) is 15.8. The fourth-order valence-electron chi connectivity index (χ4n) is 1.97. The van der Waals surface area contributed by atoms with Crippen LogP contribution in [-0.4, -0.2) is 19.3 Å². The first-order valence-corrected chi connectivity index (χ1v) is 6.16. The topological polar surface area (TPSA) is 12.0 Å². The molecule has 1 N–H and O–H groups in total. The van der Waals surface area contributed by atoms with E-state index < -0.39 is 18.6 Å². The molecule has 0 fully saturated rings. The molecule has 0 aromatic carbocycles. The van der Waals surface area contributed by atoms with Gasteiger partial charge in [-0.15, -0.1) is 0 Å². The summed E-state index contributed by atoms with van der Waals surface area (Å²) in [5.74, 6) is 0.416. The van der Waals surface area contributed by atoms with Gasteiger partial charge in [0.2, 0.25) is 0 Å². The molecule has 0 saturated heterocycles. The SMILES string of the molecule is CCCCC(CC)CC(CC(F)(F)F)NC. The zero-order chi connectivity index (χ0) is 12.6. The number of unbranched alkanes of at least 4 members (excludes halogenated alkanes) is 1. The Labute approximate surface area is 96.8 Å². The number of nitrogens with one attached hydrogen (secondary N) is 1. The molecule has 0 aliphatic rings. The maximum Gasteiger partial charge on any atom is 0.390 e. The van der Waals surface area contributed by atoms with Gasteiger partial charge in [0.15, 0.2) is 0 Å². The van der Waals surface area contributed by atoms with Crippen molar-refractivity contribution in [3.8, 4) is 0 Å². The Morgan fingerprint density at radius 1 is 1.19 bits per heavy atom. The lowest BCUT2D eigenvalue weighted by Gasteiger charge is -2.23. The van der Waals surface area contributed by atoms with Crippen LogP contribution in [0.2, 0.25) is 0 Å². The third-order valence-electron chi connectivity index (χ3n) is 3.05. The maximum absolute atomic E-state index is 12.3. The van der Waals surface area contributed by atoms with Crippen LogP contribution >= 0.6 is 0 Å². The van der Waals surface area contributed by atoms with Crippen LogP contribution in [0.3, 0.4) is 0 Å². The van der Waals surface area contributed by atoms with Gasteiger partial charge in [0, 0.05) is 6.04 Å². The predicted molar refractivity (Wildman–Crippen MR) is 61.4 cm³/mol. The number of halogens is 3. The van der Waals surface area contributed by atoms with Crippen molar-refractivity contribution in [3.05, 3.63) is 0 Å². The Bertz CT molecular complexity index is 168. The number of hydrogen-bond acceptors (Lipinski definition) is 1. The van der Waals surface area contributed by atoms with E-state index >= 15 is 0 Å². The molecule has 0 heterocycles. The van der Waals surface area contributed by atoms with Crippen molar-refractivity contribution in [1.29, 1.82) is 0 Å². The molecular weight excluding hydrogens is 215 g/mol. The summed E-state index contributed by atoms with van der Waals surface area (Å²) in [5.41, 5.74) is 0. The molecule has 0 saturated carbocycles. The predicted octanol–water partition coefficient (Wildman–Crippen LogP) is 4.13. The zero-order valence-electron chi connectivity index (χ0n) is 10.5. The molecule has 2 atom stereocenters. The van der Waals surface area contributed by atoms with E-state index in [1.54, 1.807) is 7.05 Å².